The molecule has 0 bridgehead atoms. The number of rotatable bonds is 4. The van der Waals surface area contributed by atoms with Gasteiger partial charge in [-0.05, 0) is 25.1 Å². The predicted molar refractivity (Wildman–Crippen MR) is 69.0 cm³/mol. The summed E-state index contributed by atoms with van der Waals surface area (Å²) in [6, 6.07) is 5.96. The van der Waals surface area contributed by atoms with E-state index in [0.717, 1.165) is 0 Å². The van der Waals surface area contributed by atoms with Crippen molar-refractivity contribution < 1.29 is 13.9 Å². The Balaban J connectivity index is 2.41. The van der Waals surface area contributed by atoms with Crippen molar-refractivity contribution in [2.45, 2.75) is 6.92 Å². The summed E-state index contributed by atoms with van der Waals surface area (Å²) in [6.45, 7) is 2.01. The van der Waals surface area contributed by atoms with E-state index in [2.05, 4.69) is 10.4 Å². The first-order valence-electron chi connectivity index (χ1n) is 5.86. The van der Waals surface area contributed by atoms with Crippen LogP contribution in [0.1, 0.15) is 17.3 Å². The number of nitrogens with one attached hydrogen (secondary N) is 1. The van der Waals surface area contributed by atoms with Crippen molar-refractivity contribution in [2.24, 2.45) is 0 Å². The van der Waals surface area contributed by atoms with Crippen molar-refractivity contribution in [2.75, 3.05) is 19.0 Å². The van der Waals surface area contributed by atoms with E-state index in [0.29, 0.717) is 17.1 Å². The number of ether oxygens (including phenoxy) is 1. The lowest BCUT2D eigenvalue weighted by atomic mass is 10.3. The molecule has 0 saturated heterocycles. The van der Waals surface area contributed by atoms with Crippen LogP contribution in [0.5, 0.6) is 0 Å². The molecule has 6 heteroatoms. The fourth-order valence-electron chi connectivity index (χ4n) is 1.67. The Labute approximate surface area is 110 Å². The van der Waals surface area contributed by atoms with E-state index in [9.17, 15) is 9.18 Å². The molecule has 1 aromatic carbocycles. The quantitative estimate of drug-likeness (QED) is 0.859. The van der Waals surface area contributed by atoms with Crippen molar-refractivity contribution >= 4 is 11.8 Å². The van der Waals surface area contributed by atoms with E-state index in [-0.39, 0.29) is 12.4 Å². The van der Waals surface area contributed by atoms with Gasteiger partial charge in [0.15, 0.2) is 5.82 Å². The molecular weight excluding hydrogens is 249 g/mol. The molecule has 1 aromatic heterocycles. The highest BCUT2D eigenvalue weighted by Gasteiger charge is 2.17. The summed E-state index contributed by atoms with van der Waals surface area (Å²) in [5, 5.41) is 6.99. The molecule has 100 valence electrons. The molecule has 0 amide bonds. The van der Waals surface area contributed by atoms with Gasteiger partial charge in [0.05, 0.1) is 12.3 Å². The highest BCUT2D eigenvalue weighted by atomic mass is 19.1. The zero-order chi connectivity index (χ0) is 13.8. The molecule has 0 aliphatic rings. The lowest BCUT2D eigenvalue weighted by Crippen LogP contribution is -2.06. The molecule has 0 fully saturated rings. The number of hydrogen-bond acceptors (Lipinski definition) is 4. The molecule has 2 aromatic rings. The van der Waals surface area contributed by atoms with Crippen molar-refractivity contribution in [3.63, 3.8) is 0 Å². The van der Waals surface area contributed by atoms with E-state index in [4.69, 9.17) is 4.74 Å². The van der Waals surface area contributed by atoms with Gasteiger partial charge in [0, 0.05) is 13.2 Å². The van der Waals surface area contributed by atoms with Gasteiger partial charge < -0.3 is 10.1 Å². The zero-order valence-electron chi connectivity index (χ0n) is 10.7. The molecule has 0 radical (unpaired) electrons. The number of anilines is 1. The minimum absolute atomic E-state index is 0.285. The van der Waals surface area contributed by atoms with Crippen LogP contribution in [0.25, 0.3) is 5.69 Å². The minimum Gasteiger partial charge on any atom is -0.462 e. The van der Waals surface area contributed by atoms with Crippen LogP contribution in [0.3, 0.4) is 0 Å². The number of carbonyl (C=O) groups is 1. The van der Waals surface area contributed by atoms with Crippen LogP contribution >= 0.6 is 0 Å². The van der Waals surface area contributed by atoms with Crippen molar-refractivity contribution in [1.82, 2.24) is 9.78 Å². The van der Waals surface area contributed by atoms with Gasteiger partial charge >= 0.3 is 5.97 Å². The Kier molecular flexibility index (Phi) is 3.79. The minimum atomic E-state index is -0.463. The summed E-state index contributed by atoms with van der Waals surface area (Å²) < 4.78 is 19.5. The summed E-state index contributed by atoms with van der Waals surface area (Å²) in [4.78, 5) is 11.7. The Bertz CT molecular complexity index is 595. The Morgan fingerprint density at radius 1 is 1.53 bits per heavy atom. The molecule has 0 aliphatic heterocycles. The number of carbonyl (C=O) groups excluding carboxylic acids is 1. The maximum absolute atomic E-state index is 13.2. The van der Waals surface area contributed by atoms with Gasteiger partial charge in [-0.15, -0.1) is 5.10 Å². The van der Waals surface area contributed by atoms with Crippen molar-refractivity contribution in [3.05, 3.63) is 41.8 Å². The topological polar surface area (TPSA) is 56.2 Å². The summed E-state index contributed by atoms with van der Waals surface area (Å²) in [5.41, 5.74) is 0.848. The number of halogens is 1. The van der Waals surface area contributed by atoms with Crippen LogP contribution in [0.4, 0.5) is 10.2 Å². The third-order valence-electron chi connectivity index (χ3n) is 2.52. The monoisotopic (exact) mass is 263 g/mol. The van der Waals surface area contributed by atoms with Crippen LogP contribution < -0.4 is 5.32 Å². The van der Waals surface area contributed by atoms with Gasteiger partial charge in [-0.2, -0.15) is 0 Å². The third-order valence-corrected chi connectivity index (χ3v) is 2.52. The van der Waals surface area contributed by atoms with Gasteiger partial charge in [-0.3, -0.25) is 0 Å². The fraction of sp³-hybridized carbons (Fsp3) is 0.231. The Morgan fingerprint density at radius 3 is 2.95 bits per heavy atom. The van der Waals surface area contributed by atoms with Crippen LogP contribution in [-0.2, 0) is 4.74 Å². The van der Waals surface area contributed by atoms with Gasteiger partial charge in [0.25, 0.3) is 0 Å². The van der Waals surface area contributed by atoms with Crippen LogP contribution in [0.2, 0.25) is 0 Å². The smallest absolute Gasteiger partial charge is 0.343 e. The van der Waals surface area contributed by atoms with E-state index < -0.39 is 5.97 Å². The molecule has 5 nitrogen and oxygen atoms in total. The third kappa shape index (κ3) is 2.73. The maximum Gasteiger partial charge on any atom is 0.343 e. The van der Waals surface area contributed by atoms with Gasteiger partial charge in [0.2, 0.25) is 0 Å². The summed E-state index contributed by atoms with van der Waals surface area (Å²) >= 11 is 0. The molecule has 0 spiro atoms. The van der Waals surface area contributed by atoms with E-state index in [1.807, 2.05) is 0 Å². The summed E-state index contributed by atoms with van der Waals surface area (Å²) in [7, 11) is 1.65. The van der Waals surface area contributed by atoms with Gasteiger partial charge in [-0.25, -0.2) is 13.9 Å². The number of aromatic nitrogens is 2. The molecule has 1 N–H and O–H groups in total. The van der Waals surface area contributed by atoms with Gasteiger partial charge in [0.1, 0.15) is 11.4 Å². The van der Waals surface area contributed by atoms with Crippen molar-refractivity contribution in [3.8, 4) is 5.69 Å². The standard InChI is InChI=1S/C13H14FN3O2/c1-3-19-13(18)11-8-17(16-12(11)15-2)10-6-4-5-9(14)7-10/h4-8H,3H2,1-2H3,(H,15,16). The molecular formula is C13H14FN3O2. The molecule has 1 heterocycles. The summed E-state index contributed by atoms with van der Waals surface area (Å²) in [6.07, 6.45) is 1.51. The second kappa shape index (κ2) is 5.51. The van der Waals surface area contributed by atoms with Gasteiger partial charge in [-0.1, -0.05) is 6.07 Å². The highest BCUT2D eigenvalue weighted by Crippen LogP contribution is 2.18. The van der Waals surface area contributed by atoms with E-state index in [1.165, 1.54) is 23.0 Å². The second-order valence-corrected chi connectivity index (χ2v) is 3.79. The normalized spacial score (nSPS) is 10.3. The first kappa shape index (κ1) is 13.1. The SMILES string of the molecule is CCOC(=O)c1cn(-c2cccc(F)c2)nc1NC. The summed E-state index contributed by atoms with van der Waals surface area (Å²) in [5.74, 6) is -0.436. The zero-order valence-corrected chi connectivity index (χ0v) is 10.7. The maximum atomic E-state index is 13.2. The molecule has 2 rings (SSSR count). The molecule has 0 unspecified atom stereocenters. The van der Waals surface area contributed by atoms with Crippen LogP contribution in [-0.4, -0.2) is 29.4 Å². The van der Waals surface area contributed by atoms with E-state index in [1.54, 1.807) is 26.1 Å². The lowest BCUT2D eigenvalue weighted by Gasteiger charge is -2.00. The highest BCUT2D eigenvalue weighted by molar-refractivity contribution is 5.94. The Morgan fingerprint density at radius 2 is 2.32 bits per heavy atom. The molecule has 0 aliphatic carbocycles. The first-order valence-corrected chi connectivity index (χ1v) is 5.86. The fourth-order valence-corrected chi connectivity index (χ4v) is 1.67. The average Bonchev–Trinajstić information content (AvgIpc) is 2.83. The largest absolute Gasteiger partial charge is 0.462 e. The van der Waals surface area contributed by atoms with Crippen molar-refractivity contribution in [1.29, 1.82) is 0 Å². The number of hydrogen-bond donors (Lipinski definition) is 1. The average molecular weight is 263 g/mol. The molecule has 19 heavy (non-hydrogen) atoms. The number of esters is 1. The van der Waals surface area contributed by atoms with E-state index >= 15 is 0 Å². The van der Waals surface area contributed by atoms with Crippen LogP contribution in [0, 0.1) is 5.82 Å². The second-order valence-electron chi connectivity index (χ2n) is 3.79. The molecule has 0 saturated carbocycles. The predicted octanol–water partition coefficient (Wildman–Crippen LogP) is 2.23. The number of benzene rings is 1. The number of nitrogens with zero attached hydrogens (tertiary/aromatic N) is 2. The van der Waals surface area contributed by atoms with Crippen LogP contribution in [0.15, 0.2) is 30.5 Å². The molecule has 0 atom stereocenters. The lowest BCUT2D eigenvalue weighted by molar-refractivity contribution is 0.0527. The Hall–Kier alpha value is -2.37. The first-order chi connectivity index (χ1) is 9.15.